The number of aryl methyl sites for hydroxylation is 1. The second kappa shape index (κ2) is 5.82. The number of rotatable bonds is 5. The molecule has 1 saturated heterocycles. The van der Waals surface area contributed by atoms with E-state index in [0.717, 1.165) is 25.9 Å². The maximum Gasteiger partial charge on any atom is 0.295 e. The molecule has 1 aliphatic rings. The molecular weight excluding hydrogens is 232 g/mol. The lowest BCUT2D eigenvalue weighted by Crippen LogP contribution is -2.13. The van der Waals surface area contributed by atoms with Gasteiger partial charge < -0.3 is 10.1 Å². The highest BCUT2D eigenvalue weighted by molar-refractivity contribution is 5.64. The summed E-state index contributed by atoms with van der Waals surface area (Å²) in [7, 11) is 0. The average Bonchev–Trinajstić information content (AvgIpc) is 2.81. The van der Waals surface area contributed by atoms with Crippen molar-refractivity contribution in [1.82, 2.24) is 0 Å². The standard InChI is InChI=1S/C13H18N2O3/c1-10-4-2-6-12(13(10)15(16)17)14-8-7-11-5-3-9-18-11/h2,4,6,11,14H,3,5,7-9H2,1H3. The maximum atomic E-state index is 11.0. The van der Waals surface area contributed by atoms with Gasteiger partial charge in [-0.1, -0.05) is 12.1 Å². The molecule has 0 aromatic heterocycles. The first-order valence-corrected chi connectivity index (χ1v) is 6.28. The molecule has 5 heteroatoms. The average molecular weight is 250 g/mol. The number of benzene rings is 1. The van der Waals surface area contributed by atoms with E-state index in [1.807, 2.05) is 6.07 Å². The molecule has 0 spiro atoms. The Hall–Kier alpha value is -1.62. The van der Waals surface area contributed by atoms with Gasteiger partial charge in [-0.2, -0.15) is 0 Å². The van der Waals surface area contributed by atoms with E-state index in [1.165, 1.54) is 0 Å². The second-order valence-corrected chi connectivity index (χ2v) is 4.58. The first-order valence-electron chi connectivity index (χ1n) is 6.28. The molecule has 1 fully saturated rings. The Balaban J connectivity index is 1.96. The quantitative estimate of drug-likeness (QED) is 0.644. The minimum absolute atomic E-state index is 0.171. The van der Waals surface area contributed by atoms with Crippen LogP contribution in [0.4, 0.5) is 11.4 Å². The number of nitrogens with one attached hydrogen (secondary N) is 1. The zero-order valence-corrected chi connectivity index (χ0v) is 10.5. The highest BCUT2D eigenvalue weighted by Crippen LogP contribution is 2.28. The monoisotopic (exact) mass is 250 g/mol. The Bertz CT molecular complexity index is 428. The van der Waals surface area contributed by atoms with Crippen molar-refractivity contribution in [2.24, 2.45) is 0 Å². The molecule has 1 atom stereocenters. The minimum Gasteiger partial charge on any atom is -0.379 e. The van der Waals surface area contributed by atoms with E-state index in [4.69, 9.17) is 4.74 Å². The smallest absolute Gasteiger partial charge is 0.295 e. The van der Waals surface area contributed by atoms with Gasteiger partial charge in [-0.3, -0.25) is 10.1 Å². The van der Waals surface area contributed by atoms with Gasteiger partial charge in [0.05, 0.1) is 11.0 Å². The van der Waals surface area contributed by atoms with Crippen LogP contribution in [0.15, 0.2) is 18.2 Å². The highest BCUT2D eigenvalue weighted by atomic mass is 16.6. The molecule has 1 aromatic carbocycles. The number of nitrogens with zero attached hydrogens (tertiary/aromatic N) is 1. The molecular formula is C13H18N2O3. The Morgan fingerprint density at radius 3 is 3.06 bits per heavy atom. The second-order valence-electron chi connectivity index (χ2n) is 4.58. The van der Waals surface area contributed by atoms with Crippen LogP contribution in [0, 0.1) is 17.0 Å². The number of anilines is 1. The van der Waals surface area contributed by atoms with Crippen LogP contribution in [0.25, 0.3) is 0 Å². The lowest BCUT2D eigenvalue weighted by atomic mass is 10.1. The van der Waals surface area contributed by atoms with Gasteiger partial charge in [0.15, 0.2) is 0 Å². The molecule has 0 aliphatic carbocycles. The van der Waals surface area contributed by atoms with Crippen molar-refractivity contribution in [3.8, 4) is 0 Å². The maximum absolute atomic E-state index is 11.0. The Morgan fingerprint density at radius 2 is 2.39 bits per heavy atom. The first kappa shape index (κ1) is 12.8. The number of para-hydroxylation sites is 1. The number of nitro groups is 1. The van der Waals surface area contributed by atoms with Gasteiger partial charge in [-0.15, -0.1) is 0 Å². The van der Waals surface area contributed by atoms with Crippen LogP contribution in [-0.2, 0) is 4.74 Å². The molecule has 0 radical (unpaired) electrons. The summed E-state index contributed by atoms with van der Waals surface area (Å²) in [5.74, 6) is 0. The van der Waals surface area contributed by atoms with Crippen LogP contribution >= 0.6 is 0 Å². The summed E-state index contributed by atoms with van der Waals surface area (Å²) in [4.78, 5) is 10.7. The summed E-state index contributed by atoms with van der Waals surface area (Å²) >= 11 is 0. The SMILES string of the molecule is Cc1cccc(NCCC2CCCO2)c1[N+](=O)[O-]. The summed E-state index contributed by atoms with van der Waals surface area (Å²) in [6, 6.07) is 5.33. The van der Waals surface area contributed by atoms with Crippen molar-refractivity contribution >= 4 is 11.4 Å². The Kier molecular flexibility index (Phi) is 4.15. The van der Waals surface area contributed by atoms with Gasteiger partial charge in [-0.05, 0) is 32.3 Å². The lowest BCUT2D eigenvalue weighted by Gasteiger charge is -2.11. The van der Waals surface area contributed by atoms with Gasteiger partial charge in [0, 0.05) is 18.7 Å². The van der Waals surface area contributed by atoms with Gasteiger partial charge in [0.2, 0.25) is 0 Å². The van der Waals surface area contributed by atoms with E-state index in [9.17, 15) is 10.1 Å². The largest absolute Gasteiger partial charge is 0.379 e. The lowest BCUT2D eigenvalue weighted by molar-refractivity contribution is -0.384. The molecule has 1 aliphatic heterocycles. The van der Waals surface area contributed by atoms with E-state index >= 15 is 0 Å². The highest BCUT2D eigenvalue weighted by Gasteiger charge is 2.18. The van der Waals surface area contributed by atoms with Crippen molar-refractivity contribution in [3.05, 3.63) is 33.9 Å². The van der Waals surface area contributed by atoms with Crippen LogP contribution in [0.1, 0.15) is 24.8 Å². The third-order valence-corrected chi connectivity index (χ3v) is 3.23. The fraction of sp³-hybridized carbons (Fsp3) is 0.538. The zero-order valence-electron chi connectivity index (χ0n) is 10.5. The third kappa shape index (κ3) is 2.98. The van der Waals surface area contributed by atoms with Gasteiger partial charge in [-0.25, -0.2) is 0 Å². The van der Waals surface area contributed by atoms with E-state index in [2.05, 4.69) is 5.32 Å². The van der Waals surface area contributed by atoms with Crippen LogP contribution in [-0.4, -0.2) is 24.2 Å². The molecule has 2 rings (SSSR count). The van der Waals surface area contributed by atoms with E-state index in [-0.39, 0.29) is 10.6 Å². The molecule has 0 bridgehead atoms. The van der Waals surface area contributed by atoms with E-state index in [1.54, 1.807) is 19.1 Å². The van der Waals surface area contributed by atoms with Gasteiger partial charge in [0.25, 0.3) is 5.69 Å². The molecule has 1 aromatic rings. The van der Waals surface area contributed by atoms with Crippen LogP contribution < -0.4 is 5.32 Å². The third-order valence-electron chi connectivity index (χ3n) is 3.23. The fourth-order valence-electron chi connectivity index (χ4n) is 2.28. The summed E-state index contributed by atoms with van der Waals surface area (Å²) in [5, 5.41) is 14.1. The number of ether oxygens (including phenoxy) is 1. The van der Waals surface area contributed by atoms with Gasteiger partial charge >= 0.3 is 0 Å². The molecule has 98 valence electrons. The van der Waals surface area contributed by atoms with Crippen molar-refractivity contribution in [1.29, 1.82) is 0 Å². The van der Waals surface area contributed by atoms with Crippen molar-refractivity contribution in [2.75, 3.05) is 18.5 Å². The molecule has 18 heavy (non-hydrogen) atoms. The summed E-state index contributed by atoms with van der Waals surface area (Å²) in [6.45, 7) is 3.30. The predicted molar refractivity (Wildman–Crippen MR) is 69.9 cm³/mol. The summed E-state index contributed by atoms with van der Waals surface area (Å²) in [5.41, 5.74) is 1.45. The zero-order chi connectivity index (χ0) is 13.0. The summed E-state index contributed by atoms with van der Waals surface area (Å²) < 4.78 is 5.52. The van der Waals surface area contributed by atoms with Gasteiger partial charge in [0.1, 0.15) is 5.69 Å². The van der Waals surface area contributed by atoms with Crippen molar-refractivity contribution in [2.45, 2.75) is 32.3 Å². The van der Waals surface area contributed by atoms with Crippen LogP contribution in [0.5, 0.6) is 0 Å². The Labute approximate surface area is 106 Å². The predicted octanol–water partition coefficient (Wildman–Crippen LogP) is 2.88. The number of nitro benzene ring substituents is 1. The molecule has 1 N–H and O–H groups in total. The first-order chi connectivity index (χ1) is 8.68. The molecule has 1 unspecified atom stereocenters. The van der Waals surface area contributed by atoms with E-state index < -0.39 is 0 Å². The van der Waals surface area contributed by atoms with Crippen molar-refractivity contribution in [3.63, 3.8) is 0 Å². The summed E-state index contributed by atoms with van der Waals surface area (Å²) in [6.07, 6.45) is 3.42. The number of hydrogen-bond donors (Lipinski definition) is 1. The van der Waals surface area contributed by atoms with Crippen LogP contribution in [0.2, 0.25) is 0 Å². The number of hydrogen-bond acceptors (Lipinski definition) is 4. The van der Waals surface area contributed by atoms with Crippen LogP contribution in [0.3, 0.4) is 0 Å². The minimum atomic E-state index is -0.330. The fourth-order valence-corrected chi connectivity index (χ4v) is 2.28. The molecule has 5 nitrogen and oxygen atoms in total. The normalized spacial score (nSPS) is 18.8. The Morgan fingerprint density at radius 1 is 1.56 bits per heavy atom. The molecule has 0 saturated carbocycles. The molecule has 0 amide bonds. The molecule has 1 heterocycles. The topological polar surface area (TPSA) is 64.4 Å². The van der Waals surface area contributed by atoms with Crippen molar-refractivity contribution < 1.29 is 9.66 Å². The van der Waals surface area contributed by atoms with E-state index in [0.29, 0.717) is 23.9 Å².